The second-order valence-corrected chi connectivity index (χ2v) is 8.94. The number of rotatable bonds is 6. The summed E-state index contributed by atoms with van der Waals surface area (Å²) in [5.74, 6) is 0.355. The van der Waals surface area contributed by atoms with E-state index >= 15 is 0 Å². The van der Waals surface area contributed by atoms with Gasteiger partial charge in [0.1, 0.15) is 10.6 Å². The van der Waals surface area contributed by atoms with Crippen molar-refractivity contribution >= 4 is 21.6 Å². The summed E-state index contributed by atoms with van der Waals surface area (Å²) in [7, 11) is -3.64. The second kappa shape index (κ2) is 8.39. The molecule has 1 aliphatic carbocycles. The van der Waals surface area contributed by atoms with Crippen LogP contribution in [-0.4, -0.2) is 38.3 Å². The summed E-state index contributed by atoms with van der Waals surface area (Å²) in [5, 5.41) is 2.89. The molecule has 3 rings (SSSR count). The highest BCUT2D eigenvalue weighted by atomic mass is 32.2. The highest BCUT2D eigenvalue weighted by Gasteiger charge is 2.30. The summed E-state index contributed by atoms with van der Waals surface area (Å²) < 4.78 is 33.3. The SMILES string of the molecule is CCOc1ccc(NC(=O)C2CCCC2)cc1S(=O)(=O)N1CCCCC1. The number of anilines is 1. The number of nitrogens with one attached hydrogen (secondary N) is 1. The average molecular weight is 381 g/mol. The third-order valence-electron chi connectivity index (χ3n) is 5.17. The summed E-state index contributed by atoms with van der Waals surface area (Å²) in [6.07, 6.45) is 6.78. The first-order valence-corrected chi connectivity index (χ1v) is 11.0. The molecule has 26 heavy (non-hydrogen) atoms. The maximum Gasteiger partial charge on any atom is 0.246 e. The Morgan fingerprint density at radius 1 is 1.15 bits per heavy atom. The standard InChI is InChI=1S/C19H28N2O4S/c1-2-25-17-11-10-16(20-19(22)15-8-4-5-9-15)14-18(17)26(23,24)21-12-6-3-7-13-21/h10-11,14-15H,2-9,12-13H2,1H3,(H,20,22). The number of piperidine rings is 1. The van der Waals surface area contributed by atoms with E-state index in [1.807, 2.05) is 6.92 Å². The van der Waals surface area contributed by atoms with Crippen LogP contribution in [0.2, 0.25) is 0 Å². The first-order valence-electron chi connectivity index (χ1n) is 9.60. The highest BCUT2D eigenvalue weighted by molar-refractivity contribution is 7.89. The molecule has 144 valence electrons. The molecule has 0 spiro atoms. The predicted octanol–water partition coefficient (Wildman–Crippen LogP) is 3.39. The number of ether oxygens (including phenoxy) is 1. The van der Waals surface area contributed by atoms with Gasteiger partial charge in [0.05, 0.1) is 6.61 Å². The summed E-state index contributed by atoms with van der Waals surface area (Å²) in [5.41, 5.74) is 0.515. The summed E-state index contributed by atoms with van der Waals surface area (Å²) >= 11 is 0. The minimum atomic E-state index is -3.64. The van der Waals surface area contributed by atoms with E-state index in [4.69, 9.17) is 4.74 Å². The number of hydrogen-bond acceptors (Lipinski definition) is 4. The van der Waals surface area contributed by atoms with E-state index < -0.39 is 10.0 Å². The van der Waals surface area contributed by atoms with E-state index in [1.165, 1.54) is 4.31 Å². The third kappa shape index (κ3) is 4.20. The van der Waals surface area contributed by atoms with Crippen molar-refractivity contribution in [3.05, 3.63) is 18.2 Å². The smallest absolute Gasteiger partial charge is 0.246 e. The molecule has 0 radical (unpaired) electrons. The van der Waals surface area contributed by atoms with E-state index in [2.05, 4.69) is 5.32 Å². The Kier molecular flexibility index (Phi) is 6.19. The van der Waals surface area contributed by atoms with Gasteiger partial charge in [0.15, 0.2) is 0 Å². The summed E-state index contributed by atoms with van der Waals surface area (Å²) in [4.78, 5) is 12.5. The van der Waals surface area contributed by atoms with Crippen LogP contribution in [0.15, 0.2) is 23.1 Å². The lowest BCUT2D eigenvalue weighted by molar-refractivity contribution is -0.119. The number of carbonyl (C=O) groups excluding carboxylic acids is 1. The van der Waals surface area contributed by atoms with Gasteiger partial charge < -0.3 is 10.1 Å². The van der Waals surface area contributed by atoms with Crippen LogP contribution >= 0.6 is 0 Å². The van der Waals surface area contributed by atoms with E-state index in [0.29, 0.717) is 31.1 Å². The van der Waals surface area contributed by atoms with Crippen LogP contribution in [0.4, 0.5) is 5.69 Å². The van der Waals surface area contributed by atoms with Crippen LogP contribution in [0.5, 0.6) is 5.75 Å². The van der Waals surface area contributed by atoms with Crippen LogP contribution in [-0.2, 0) is 14.8 Å². The number of sulfonamides is 1. The van der Waals surface area contributed by atoms with Gasteiger partial charge in [0.2, 0.25) is 15.9 Å². The van der Waals surface area contributed by atoms with Crippen molar-refractivity contribution < 1.29 is 17.9 Å². The lowest BCUT2D eigenvalue weighted by atomic mass is 10.1. The molecule has 1 aliphatic heterocycles. The largest absolute Gasteiger partial charge is 0.492 e. The van der Waals surface area contributed by atoms with Crippen LogP contribution in [0.1, 0.15) is 51.9 Å². The van der Waals surface area contributed by atoms with Crippen molar-refractivity contribution in [1.29, 1.82) is 0 Å². The minimum absolute atomic E-state index is 0.0204. The normalized spacial score (nSPS) is 19.4. The predicted molar refractivity (Wildman–Crippen MR) is 101 cm³/mol. The fourth-order valence-corrected chi connectivity index (χ4v) is 5.41. The van der Waals surface area contributed by atoms with Crippen LogP contribution in [0.3, 0.4) is 0 Å². The molecule has 1 saturated carbocycles. The van der Waals surface area contributed by atoms with Gasteiger partial charge in [-0.1, -0.05) is 19.3 Å². The lowest BCUT2D eigenvalue weighted by Crippen LogP contribution is -2.35. The van der Waals surface area contributed by atoms with Gasteiger partial charge in [-0.2, -0.15) is 4.31 Å². The molecule has 0 aromatic heterocycles. The highest BCUT2D eigenvalue weighted by Crippen LogP contribution is 2.32. The third-order valence-corrected chi connectivity index (χ3v) is 7.09. The van der Waals surface area contributed by atoms with Gasteiger partial charge in [0.25, 0.3) is 0 Å². The van der Waals surface area contributed by atoms with Crippen molar-refractivity contribution in [1.82, 2.24) is 4.31 Å². The molecule has 2 aliphatic rings. The van der Waals surface area contributed by atoms with Crippen LogP contribution in [0, 0.1) is 5.92 Å². The average Bonchev–Trinajstić information content (AvgIpc) is 3.19. The topological polar surface area (TPSA) is 75.7 Å². The van der Waals surface area contributed by atoms with Gasteiger partial charge in [0, 0.05) is 24.7 Å². The molecule has 1 aromatic carbocycles. The first kappa shape index (κ1) is 19.2. The Hall–Kier alpha value is -1.60. The van der Waals surface area contributed by atoms with Crippen molar-refractivity contribution in [2.45, 2.75) is 56.8 Å². The van der Waals surface area contributed by atoms with Crippen molar-refractivity contribution in [3.8, 4) is 5.75 Å². The number of amides is 1. The van der Waals surface area contributed by atoms with Gasteiger partial charge >= 0.3 is 0 Å². The molecule has 1 N–H and O–H groups in total. The van der Waals surface area contributed by atoms with Crippen LogP contribution < -0.4 is 10.1 Å². The van der Waals surface area contributed by atoms with E-state index in [-0.39, 0.29) is 16.7 Å². The van der Waals surface area contributed by atoms with Crippen molar-refractivity contribution in [2.75, 3.05) is 25.0 Å². The van der Waals surface area contributed by atoms with E-state index in [0.717, 1.165) is 44.9 Å². The molecule has 2 fully saturated rings. The number of carbonyl (C=O) groups is 1. The molecule has 6 nitrogen and oxygen atoms in total. The zero-order chi connectivity index (χ0) is 18.6. The molecule has 1 saturated heterocycles. The Morgan fingerprint density at radius 2 is 1.85 bits per heavy atom. The molecular formula is C19H28N2O4S. The van der Waals surface area contributed by atoms with Gasteiger partial charge in [-0.15, -0.1) is 0 Å². The molecular weight excluding hydrogens is 352 g/mol. The number of benzene rings is 1. The Bertz CT molecular complexity index is 736. The molecule has 1 heterocycles. The van der Waals surface area contributed by atoms with Crippen LogP contribution in [0.25, 0.3) is 0 Å². The number of hydrogen-bond donors (Lipinski definition) is 1. The lowest BCUT2D eigenvalue weighted by Gasteiger charge is -2.27. The Balaban J connectivity index is 1.87. The van der Waals surface area contributed by atoms with Gasteiger partial charge in [-0.3, -0.25) is 4.79 Å². The maximum atomic E-state index is 13.1. The monoisotopic (exact) mass is 380 g/mol. The fraction of sp³-hybridized carbons (Fsp3) is 0.632. The maximum absolute atomic E-state index is 13.1. The molecule has 0 atom stereocenters. The molecule has 0 bridgehead atoms. The zero-order valence-electron chi connectivity index (χ0n) is 15.4. The Labute approximate surface area is 156 Å². The van der Waals surface area contributed by atoms with Crippen molar-refractivity contribution in [2.24, 2.45) is 5.92 Å². The molecule has 1 aromatic rings. The molecule has 7 heteroatoms. The minimum Gasteiger partial charge on any atom is -0.492 e. The quantitative estimate of drug-likeness (QED) is 0.821. The van der Waals surface area contributed by atoms with E-state index in [1.54, 1.807) is 18.2 Å². The van der Waals surface area contributed by atoms with Gasteiger partial charge in [-0.25, -0.2) is 8.42 Å². The fourth-order valence-electron chi connectivity index (χ4n) is 3.74. The second-order valence-electron chi connectivity index (χ2n) is 7.03. The first-order chi connectivity index (χ1) is 12.5. The van der Waals surface area contributed by atoms with E-state index in [9.17, 15) is 13.2 Å². The number of nitrogens with zero attached hydrogens (tertiary/aromatic N) is 1. The van der Waals surface area contributed by atoms with Crippen molar-refractivity contribution in [3.63, 3.8) is 0 Å². The summed E-state index contributed by atoms with van der Waals surface area (Å²) in [6.45, 7) is 3.28. The molecule has 0 unspecified atom stereocenters. The van der Waals surface area contributed by atoms with Gasteiger partial charge in [-0.05, 0) is 50.8 Å². The molecule has 1 amide bonds. The summed E-state index contributed by atoms with van der Waals surface area (Å²) in [6, 6.07) is 4.90. The zero-order valence-corrected chi connectivity index (χ0v) is 16.2. The Morgan fingerprint density at radius 3 is 2.50 bits per heavy atom.